The Morgan fingerprint density at radius 1 is 1.30 bits per heavy atom. The molecule has 4 atom stereocenters. The molecule has 1 amide bonds. The van der Waals surface area contributed by atoms with Gasteiger partial charge in [0.05, 0.1) is 0 Å². The number of amides is 1. The predicted octanol–water partition coefficient (Wildman–Crippen LogP) is 3.95. The second-order valence-corrected chi connectivity index (χ2v) is 9.73. The maximum atomic E-state index is 11.7. The molecular weight excluding hydrogens is 354 g/mol. The van der Waals surface area contributed by atoms with Gasteiger partial charge in [0.2, 0.25) is 5.91 Å². The monoisotopic (exact) mass is 395 g/mol. The Hall–Kier alpha value is -0.520. The van der Waals surface area contributed by atoms with E-state index in [1.165, 1.54) is 56.5 Å². The van der Waals surface area contributed by atoms with Crippen LogP contribution >= 0.6 is 11.8 Å². The number of fused-ring (bicyclic) bond motifs is 3. The molecule has 0 spiro atoms. The largest absolute Gasteiger partial charge is 0.354 e. The lowest BCUT2D eigenvalue weighted by Gasteiger charge is -2.55. The minimum absolute atomic E-state index is 0.0198. The van der Waals surface area contributed by atoms with Crippen LogP contribution in [-0.4, -0.2) is 53.5 Å². The molecule has 156 valence electrons. The number of rotatable bonds is 14. The molecule has 27 heavy (non-hydrogen) atoms. The van der Waals surface area contributed by atoms with Gasteiger partial charge in [-0.05, 0) is 49.7 Å². The van der Waals surface area contributed by atoms with Crippen LogP contribution in [0.3, 0.4) is 0 Å². The summed E-state index contributed by atoms with van der Waals surface area (Å²) in [4.78, 5) is 14.2. The van der Waals surface area contributed by atoms with Gasteiger partial charge in [-0.25, -0.2) is 0 Å². The van der Waals surface area contributed by atoms with Crippen molar-refractivity contribution < 1.29 is 4.79 Å². The van der Waals surface area contributed by atoms with Crippen LogP contribution < -0.4 is 11.1 Å². The number of thioether (sulfide) groups is 1. The highest BCUT2D eigenvalue weighted by atomic mass is 32.2. The van der Waals surface area contributed by atoms with Crippen molar-refractivity contribution in [3.8, 4) is 0 Å². The molecule has 5 heteroatoms. The van der Waals surface area contributed by atoms with Gasteiger partial charge in [-0.1, -0.05) is 45.1 Å². The first-order chi connectivity index (χ1) is 13.1. The van der Waals surface area contributed by atoms with Gasteiger partial charge >= 0.3 is 0 Å². The molecule has 2 bridgehead atoms. The topological polar surface area (TPSA) is 58.4 Å². The van der Waals surface area contributed by atoms with Crippen LogP contribution in [0, 0.1) is 5.92 Å². The second kappa shape index (κ2) is 12.1. The van der Waals surface area contributed by atoms with Crippen molar-refractivity contribution in [2.45, 2.75) is 82.7 Å². The summed E-state index contributed by atoms with van der Waals surface area (Å²) in [6, 6.07) is 0.463. The minimum atomic E-state index is -0.0198. The van der Waals surface area contributed by atoms with E-state index in [4.69, 9.17) is 5.73 Å². The van der Waals surface area contributed by atoms with Gasteiger partial charge in [-0.15, -0.1) is 6.58 Å². The number of nitrogens with one attached hydrogen (secondary N) is 1. The van der Waals surface area contributed by atoms with Gasteiger partial charge in [0.25, 0.3) is 0 Å². The first-order valence-corrected chi connectivity index (χ1v) is 12.2. The van der Waals surface area contributed by atoms with Gasteiger partial charge < -0.3 is 11.1 Å². The Morgan fingerprint density at radius 2 is 2.07 bits per heavy atom. The quantitative estimate of drug-likeness (QED) is 0.345. The van der Waals surface area contributed by atoms with Crippen molar-refractivity contribution in [3.63, 3.8) is 0 Å². The lowest BCUT2D eigenvalue weighted by Crippen LogP contribution is -2.68. The summed E-state index contributed by atoms with van der Waals surface area (Å²) in [5.74, 6) is 3.17. The molecule has 0 radical (unpaired) electrons. The zero-order valence-electron chi connectivity index (χ0n) is 17.4. The number of unbranched alkanes of at least 4 members (excludes halogenated alkanes) is 5. The van der Waals surface area contributed by atoms with Crippen molar-refractivity contribution in [2.24, 2.45) is 11.7 Å². The van der Waals surface area contributed by atoms with Gasteiger partial charge in [0.1, 0.15) is 0 Å². The highest BCUT2D eigenvalue weighted by Gasteiger charge is 2.47. The standard InChI is InChI=1S/C22H41N3OS/c1-3-5-6-7-8-9-14-27-15-12-22(23)18-25-13-11-19(22)16-20(25)17-24-21(26)10-4-2/h4,19-20H,2-3,5-18,23H2,1H3,(H,24,26)/t19?,20-,22?/m0/s1. The molecule has 3 rings (SSSR count). The van der Waals surface area contributed by atoms with Crippen LogP contribution in [0.2, 0.25) is 0 Å². The Balaban J connectivity index is 1.62. The summed E-state index contributed by atoms with van der Waals surface area (Å²) >= 11 is 2.09. The maximum Gasteiger partial charge on any atom is 0.223 e. The van der Waals surface area contributed by atoms with Crippen LogP contribution in [0.5, 0.6) is 0 Å². The highest BCUT2D eigenvalue weighted by Crippen LogP contribution is 2.39. The number of carbonyl (C=O) groups is 1. The molecule has 3 fully saturated rings. The third kappa shape index (κ3) is 7.43. The van der Waals surface area contributed by atoms with Crippen molar-refractivity contribution in [1.29, 1.82) is 0 Å². The van der Waals surface area contributed by atoms with Crippen LogP contribution in [0.1, 0.15) is 71.1 Å². The molecule has 3 aliphatic rings. The number of nitrogens with two attached hydrogens (primary N) is 1. The van der Waals surface area contributed by atoms with Gasteiger partial charge in [-0.2, -0.15) is 11.8 Å². The van der Waals surface area contributed by atoms with Gasteiger partial charge in [0, 0.05) is 31.1 Å². The number of piperidine rings is 3. The first kappa shape index (κ1) is 22.8. The number of hydrogen-bond donors (Lipinski definition) is 2. The Bertz CT molecular complexity index is 459. The molecule has 3 saturated heterocycles. The predicted molar refractivity (Wildman–Crippen MR) is 118 cm³/mol. The molecule has 3 heterocycles. The van der Waals surface area contributed by atoms with Crippen LogP contribution in [0.15, 0.2) is 12.7 Å². The summed E-state index contributed by atoms with van der Waals surface area (Å²) in [5, 5.41) is 3.05. The fourth-order valence-corrected chi connectivity index (χ4v) is 5.75. The summed E-state index contributed by atoms with van der Waals surface area (Å²) in [5.41, 5.74) is 6.83. The van der Waals surface area contributed by atoms with E-state index in [-0.39, 0.29) is 11.4 Å². The summed E-state index contributed by atoms with van der Waals surface area (Å²) in [7, 11) is 0. The number of carbonyl (C=O) groups excluding carboxylic acids is 1. The smallest absolute Gasteiger partial charge is 0.223 e. The molecule has 0 aliphatic carbocycles. The van der Waals surface area contributed by atoms with E-state index in [1.54, 1.807) is 6.08 Å². The molecule has 0 aromatic carbocycles. The van der Waals surface area contributed by atoms with Crippen molar-refractivity contribution in [1.82, 2.24) is 10.2 Å². The molecule has 3 unspecified atom stereocenters. The molecule has 0 aromatic rings. The SMILES string of the molecule is C=CCC(=O)NC[C@@H]1CC2CCN1CC2(N)CCSCCCCCCCC. The fraction of sp³-hybridized carbons (Fsp3) is 0.864. The highest BCUT2D eigenvalue weighted by molar-refractivity contribution is 7.99. The third-order valence-corrected chi connectivity index (χ3v) is 7.44. The Morgan fingerprint density at radius 3 is 2.78 bits per heavy atom. The third-order valence-electron chi connectivity index (χ3n) is 6.37. The molecule has 3 aliphatic heterocycles. The van der Waals surface area contributed by atoms with Crippen molar-refractivity contribution in [2.75, 3.05) is 31.1 Å². The van der Waals surface area contributed by atoms with Gasteiger partial charge in [0.15, 0.2) is 0 Å². The van der Waals surface area contributed by atoms with Crippen molar-refractivity contribution in [3.05, 3.63) is 12.7 Å². The van der Waals surface area contributed by atoms with E-state index in [9.17, 15) is 4.79 Å². The Labute approximate surface area is 171 Å². The lowest BCUT2D eigenvalue weighted by atomic mass is 9.69. The zero-order valence-corrected chi connectivity index (χ0v) is 18.2. The zero-order chi connectivity index (χ0) is 19.5. The molecular formula is C22H41N3OS. The van der Waals surface area contributed by atoms with E-state index in [1.807, 2.05) is 0 Å². The maximum absolute atomic E-state index is 11.7. The lowest BCUT2D eigenvalue weighted by molar-refractivity contribution is -0.121. The normalized spacial score (nSPS) is 29.6. The number of hydrogen-bond acceptors (Lipinski definition) is 4. The van der Waals surface area contributed by atoms with Crippen LogP contribution in [0.4, 0.5) is 0 Å². The average molecular weight is 396 g/mol. The molecule has 3 N–H and O–H groups in total. The van der Waals surface area contributed by atoms with E-state index in [2.05, 4.69) is 35.5 Å². The Kier molecular flexibility index (Phi) is 10.2. The fourth-order valence-electron chi connectivity index (χ4n) is 4.62. The summed E-state index contributed by atoms with van der Waals surface area (Å²) < 4.78 is 0. The van der Waals surface area contributed by atoms with Gasteiger partial charge in [-0.3, -0.25) is 9.69 Å². The molecule has 0 saturated carbocycles. The van der Waals surface area contributed by atoms with Crippen molar-refractivity contribution >= 4 is 17.7 Å². The average Bonchev–Trinajstić information content (AvgIpc) is 2.66. The van der Waals surface area contributed by atoms with E-state index in [0.717, 1.165) is 32.5 Å². The van der Waals surface area contributed by atoms with Crippen LogP contribution in [-0.2, 0) is 4.79 Å². The molecule has 4 nitrogen and oxygen atoms in total. The van der Waals surface area contributed by atoms with E-state index in [0.29, 0.717) is 18.4 Å². The molecule has 0 aromatic heterocycles. The second-order valence-electron chi connectivity index (χ2n) is 8.51. The summed E-state index contributed by atoms with van der Waals surface area (Å²) in [6.07, 6.45) is 13.8. The minimum Gasteiger partial charge on any atom is -0.354 e. The van der Waals surface area contributed by atoms with Crippen LogP contribution in [0.25, 0.3) is 0 Å². The summed E-state index contributed by atoms with van der Waals surface area (Å²) in [6.45, 7) is 8.79. The number of nitrogens with zero attached hydrogens (tertiary/aromatic N) is 1. The first-order valence-electron chi connectivity index (χ1n) is 11.1. The van der Waals surface area contributed by atoms with E-state index < -0.39 is 0 Å². The van der Waals surface area contributed by atoms with E-state index >= 15 is 0 Å².